The first kappa shape index (κ1) is 12.2. The smallest absolute Gasteiger partial charge is 0.234 e. The minimum Gasteiger partial charge on any atom is -0.409 e. The molecule has 2 saturated carbocycles. The molecule has 0 aliphatic heterocycles. The molecule has 2 rings (SSSR count). The van der Waals surface area contributed by atoms with Crippen LogP contribution in [0, 0.1) is 16.2 Å². The van der Waals surface area contributed by atoms with Gasteiger partial charge in [0.25, 0.3) is 0 Å². The number of oxime groups is 1. The molecule has 5 nitrogen and oxygen atoms in total. The summed E-state index contributed by atoms with van der Waals surface area (Å²) in [6.07, 6.45) is 1.34. The van der Waals surface area contributed by atoms with Crippen molar-refractivity contribution in [2.45, 2.75) is 46.6 Å². The highest BCUT2D eigenvalue weighted by atomic mass is 16.4. The van der Waals surface area contributed by atoms with E-state index in [2.05, 4.69) is 38.2 Å². The molecule has 2 aliphatic carbocycles. The van der Waals surface area contributed by atoms with Crippen LogP contribution in [0.2, 0.25) is 0 Å². The van der Waals surface area contributed by atoms with Gasteiger partial charge in [-0.1, -0.05) is 32.9 Å². The number of rotatable bonds is 3. The van der Waals surface area contributed by atoms with Gasteiger partial charge >= 0.3 is 0 Å². The normalized spacial score (nSPS) is 28.6. The summed E-state index contributed by atoms with van der Waals surface area (Å²) in [5, 5.41) is 14.7. The summed E-state index contributed by atoms with van der Waals surface area (Å²) >= 11 is 0. The Balaban J connectivity index is 2.06. The third-order valence-corrected chi connectivity index (χ3v) is 5.08. The lowest BCUT2D eigenvalue weighted by Crippen LogP contribution is -2.43. The molecule has 17 heavy (non-hydrogen) atoms. The van der Waals surface area contributed by atoms with Crippen molar-refractivity contribution in [1.82, 2.24) is 5.32 Å². The molecular weight excluding hydrogens is 218 g/mol. The van der Waals surface area contributed by atoms with Crippen molar-refractivity contribution in [2.24, 2.45) is 27.1 Å². The largest absolute Gasteiger partial charge is 0.409 e. The van der Waals surface area contributed by atoms with Gasteiger partial charge in [-0.15, -0.1) is 0 Å². The van der Waals surface area contributed by atoms with Gasteiger partial charge in [0.05, 0.1) is 0 Å². The number of carbonyl (C=O) groups excluding carboxylic acids is 1. The third kappa shape index (κ3) is 1.44. The average Bonchev–Trinajstić information content (AvgIpc) is 3.11. The van der Waals surface area contributed by atoms with Gasteiger partial charge in [0, 0.05) is 6.04 Å². The highest BCUT2D eigenvalue weighted by Gasteiger charge is 2.67. The number of amides is 1. The van der Waals surface area contributed by atoms with E-state index in [4.69, 9.17) is 10.9 Å². The average molecular weight is 239 g/mol. The number of nitrogens with zero attached hydrogens (tertiary/aromatic N) is 1. The molecule has 5 heteroatoms. The number of hydrogen-bond acceptors (Lipinski definition) is 3. The van der Waals surface area contributed by atoms with Gasteiger partial charge in [0.1, 0.15) is 5.41 Å². The predicted molar refractivity (Wildman–Crippen MR) is 64.6 cm³/mol. The molecular formula is C12H21N3O2. The Morgan fingerprint density at radius 3 is 2.06 bits per heavy atom. The molecule has 0 saturated heterocycles. The summed E-state index contributed by atoms with van der Waals surface area (Å²) in [6, 6.07) is 0.159. The van der Waals surface area contributed by atoms with E-state index >= 15 is 0 Å². The summed E-state index contributed by atoms with van der Waals surface area (Å²) in [6.45, 7) is 8.56. The minimum atomic E-state index is -0.747. The second kappa shape index (κ2) is 3.15. The number of nitrogens with two attached hydrogens (primary N) is 1. The summed E-state index contributed by atoms with van der Waals surface area (Å²) in [4.78, 5) is 12.2. The van der Waals surface area contributed by atoms with Crippen LogP contribution in [0.1, 0.15) is 40.5 Å². The van der Waals surface area contributed by atoms with Crippen LogP contribution in [-0.2, 0) is 4.79 Å². The van der Waals surface area contributed by atoms with Gasteiger partial charge in [-0.3, -0.25) is 4.79 Å². The lowest BCUT2D eigenvalue weighted by atomic mass is 10.0. The van der Waals surface area contributed by atoms with Gasteiger partial charge in [-0.05, 0) is 23.7 Å². The number of hydrogen-bond donors (Lipinski definition) is 3. The topological polar surface area (TPSA) is 87.7 Å². The maximum atomic E-state index is 12.2. The molecule has 4 N–H and O–H groups in total. The second-order valence-electron chi connectivity index (χ2n) is 6.42. The first-order valence-electron chi connectivity index (χ1n) is 5.99. The van der Waals surface area contributed by atoms with Crippen LogP contribution < -0.4 is 11.1 Å². The van der Waals surface area contributed by atoms with Crippen molar-refractivity contribution in [1.29, 1.82) is 0 Å². The van der Waals surface area contributed by atoms with Crippen LogP contribution in [-0.4, -0.2) is 23.0 Å². The zero-order valence-corrected chi connectivity index (χ0v) is 10.9. The number of amidine groups is 1. The zero-order valence-electron chi connectivity index (χ0n) is 10.9. The molecule has 2 aliphatic rings. The second-order valence-corrected chi connectivity index (χ2v) is 6.42. The minimum absolute atomic E-state index is 0.0336. The summed E-state index contributed by atoms with van der Waals surface area (Å²) < 4.78 is 0. The number of carbonyl (C=O) groups is 1. The molecule has 96 valence electrons. The molecule has 0 radical (unpaired) electrons. The Kier molecular flexibility index (Phi) is 2.26. The quantitative estimate of drug-likeness (QED) is 0.298. The summed E-state index contributed by atoms with van der Waals surface area (Å²) in [5.74, 6) is -0.0669. The van der Waals surface area contributed by atoms with Crippen molar-refractivity contribution in [3.63, 3.8) is 0 Å². The Morgan fingerprint density at radius 1 is 1.29 bits per heavy atom. The van der Waals surface area contributed by atoms with Gasteiger partial charge in [0.15, 0.2) is 5.84 Å². The van der Waals surface area contributed by atoms with E-state index in [1.54, 1.807) is 0 Å². The molecule has 0 aromatic rings. The van der Waals surface area contributed by atoms with Gasteiger partial charge in [-0.2, -0.15) is 0 Å². The zero-order chi connectivity index (χ0) is 13.1. The van der Waals surface area contributed by atoms with Crippen LogP contribution in [0.25, 0.3) is 0 Å². The monoisotopic (exact) mass is 239 g/mol. The van der Waals surface area contributed by atoms with E-state index in [0.717, 1.165) is 0 Å². The van der Waals surface area contributed by atoms with Crippen molar-refractivity contribution >= 4 is 11.7 Å². The summed E-state index contributed by atoms with van der Waals surface area (Å²) in [7, 11) is 0. The molecule has 0 heterocycles. The maximum Gasteiger partial charge on any atom is 0.234 e. The summed E-state index contributed by atoms with van der Waals surface area (Å²) in [5.41, 5.74) is 5.04. The van der Waals surface area contributed by atoms with E-state index in [1.807, 2.05) is 0 Å². The molecule has 0 atom stereocenters. The fraction of sp³-hybridized carbons (Fsp3) is 0.833. The van der Waals surface area contributed by atoms with Crippen molar-refractivity contribution < 1.29 is 10.0 Å². The molecule has 1 amide bonds. The van der Waals surface area contributed by atoms with Gasteiger partial charge in [0.2, 0.25) is 5.91 Å². The Bertz CT molecular complexity index is 381. The van der Waals surface area contributed by atoms with Crippen LogP contribution in [0.4, 0.5) is 0 Å². The Labute approximate surface area is 101 Å². The van der Waals surface area contributed by atoms with Gasteiger partial charge < -0.3 is 16.3 Å². The van der Waals surface area contributed by atoms with E-state index in [-0.39, 0.29) is 28.6 Å². The van der Waals surface area contributed by atoms with Crippen LogP contribution in [0.15, 0.2) is 5.16 Å². The van der Waals surface area contributed by atoms with E-state index in [0.29, 0.717) is 12.8 Å². The van der Waals surface area contributed by atoms with Crippen LogP contribution in [0.5, 0.6) is 0 Å². The maximum absolute atomic E-state index is 12.2. The number of nitrogens with one attached hydrogen (secondary N) is 1. The van der Waals surface area contributed by atoms with Crippen molar-refractivity contribution in [3.05, 3.63) is 0 Å². The fourth-order valence-electron chi connectivity index (χ4n) is 2.65. The van der Waals surface area contributed by atoms with Gasteiger partial charge in [-0.25, -0.2) is 0 Å². The van der Waals surface area contributed by atoms with Crippen LogP contribution >= 0.6 is 0 Å². The SMILES string of the molecule is CC1(C)C(NC(=O)C2(C(N)=NO)CC2)C1(C)C. The highest BCUT2D eigenvalue weighted by molar-refractivity contribution is 6.09. The lowest BCUT2D eigenvalue weighted by Gasteiger charge is -2.14. The highest BCUT2D eigenvalue weighted by Crippen LogP contribution is 2.63. The molecule has 0 bridgehead atoms. The molecule has 0 aromatic heterocycles. The fourth-order valence-corrected chi connectivity index (χ4v) is 2.65. The standard InChI is InChI=1S/C12H21N3O2/c1-10(2)7(11(10,3)4)14-9(16)12(5-6-12)8(13)15-17/h7,17H,5-6H2,1-4H3,(H2,13,15)(H,14,16). The third-order valence-electron chi connectivity index (χ3n) is 5.08. The molecule has 0 spiro atoms. The first-order chi connectivity index (χ1) is 7.70. The Morgan fingerprint density at radius 2 is 1.76 bits per heavy atom. The lowest BCUT2D eigenvalue weighted by molar-refractivity contribution is -0.124. The predicted octanol–water partition coefficient (Wildman–Crippen LogP) is 1.06. The Hall–Kier alpha value is -1.26. The van der Waals surface area contributed by atoms with E-state index in [9.17, 15) is 4.79 Å². The first-order valence-corrected chi connectivity index (χ1v) is 5.99. The van der Waals surface area contributed by atoms with E-state index < -0.39 is 5.41 Å². The molecule has 0 aromatic carbocycles. The molecule has 0 unspecified atom stereocenters. The van der Waals surface area contributed by atoms with Crippen molar-refractivity contribution in [2.75, 3.05) is 0 Å². The van der Waals surface area contributed by atoms with Crippen molar-refractivity contribution in [3.8, 4) is 0 Å². The van der Waals surface area contributed by atoms with Crippen LogP contribution in [0.3, 0.4) is 0 Å². The van der Waals surface area contributed by atoms with E-state index in [1.165, 1.54) is 0 Å². The molecule has 2 fully saturated rings.